The first-order valence-electron chi connectivity index (χ1n) is 8.20. The number of benzene rings is 2. The number of hydrogen-bond acceptors (Lipinski definition) is 5. The van der Waals surface area contributed by atoms with Crippen LogP contribution in [0.3, 0.4) is 0 Å². The first-order chi connectivity index (χ1) is 12.2. The number of amides is 1. The van der Waals surface area contributed by atoms with Gasteiger partial charge in [-0.2, -0.15) is 0 Å². The van der Waals surface area contributed by atoms with Crippen molar-refractivity contribution in [3.05, 3.63) is 48.5 Å². The smallest absolute Gasteiger partial charge is 0.243 e. The minimum atomic E-state index is -0.143. The van der Waals surface area contributed by atoms with E-state index in [1.54, 1.807) is 19.2 Å². The van der Waals surface area contributed by atoms with Gasteiger partial charge in [-0.1, -0.05) is 12.1 Å². The highest BCUT2D eigenvalue weighted by Crippen LogP contribution is 2.22. The molecule has 0 bridgehead atoms. The van der Waals surface area contributed by atoms with Gasteiger partial charge in [0.15, 0.2) is 0 Å². The van der Waals surface area contributed by atoms with Crippen LogP contribution in [0, 0.1) is 0 Å². The van der Waals surface area contributed by atoms with Crippen molar-refractivity contribution < 1.29 is 19.0 Å². The molecule has 0 heterocycles. The molecule has 2 aromatic carbocycles. The van der Waals surface area contributed by atoms with Crippen LogP contribution in [0.2, 0.25) is 0 Å². The molecule has 134 valence electrons. The highest BCUT2D eigenvalue weighted by Gasteiger charge is 2.05. The molecule has 0 saturated heterocycles. The molecule has 0 aliphatic rings. The quantitative estimate of drug-likeness (QED) is 0.648. The lowest BCUT2D eigenvalue weighted by molar-refractivity contribution is -0.114. The van der Waals surface area contributed by atoms with E-state index >= 15 is 0 Å². The summed E-state index contributed by atoms with van der Waals surface area (Å²) in [6.07, 6.45) is 0. The summed E-state index contributed by atoms with van der Waals surface area (Å²) in [6, 6.07) is 14.7. The lowest BCUT2D eigenvalue weighted by Crippen LogP contribution is -2.21. The van der Waals surface area contributed by atoms with Crippen LogP contribution in [-0.4, -0.2) is 39.4 Å². The van der Waals surface area contributed by atoms with Gasteiger partial charge in [-0.3, -0.25) is 4.79 Å². The topological polar surface area (TPSA) is 68.8 Å². The number of methoxy groups -OCH3 is 1. The number of rotatable bonds is 10. The summed E-state index contributed by atoms with van der Waals surface area (Å²) in [6.45, 7) is 3.83. The molecule has 0 spiro atoms. The normalized spacial score (nSPS) is 10.2. The molecule has 0 saturated carbocycles. The molecule has 0 unspecified atom stereocenters. The van der Waals surface area contributed by atoms with Crippen molar-refractivity contribution in [1.82, 2.24) is 0 Å². The van der Waals surface area contributed by atoms with Crippen LogP contribution in [0.5, 0.6) is 11.5 Å². The monoisotopic (exact) mass is 344 g/mol. The lowest BCUT2D eigenvalue weighted by atomic mass is 10.3. The van der Waals surface area contributed by atoms with Gasteiger partial charge in [0.05, 0.1) is 25.9 Å². The predicted octanol–water partition coefficient (Wildman–Crippen LogP) is 3.16. The van der Waals surface area contributed by atoms with Crippen LogP contribution in [0.1, 0.15) is 6.92 Å². The molecular weight excluding hydrogens is 320 g/mol. The number of carbonyl (C=O) groups is 1. The molecule has 0 radical (unpaired) electrons. The Morgan fingerprint density at radius 2 is 1.80 bits per heavy atom. The second-order valence-corrected chi connectivity index (χ2v) is 5.17. The van der Waals surface area contributed by atoms with Gasteiger partial charge in [0.1, 0.15) is 18.1 Å². The van der Waals surface area contributed by atoms with E-state index in [4.69, 9.17) is 14.2 Å². The van der Waals surface area contributed by atoms with Crippen LogP contribution in [0.25, 0.3) is 0 Å². The van der Waals surface area contributed by atoms with Crippen molar-refractivity contribution in [2.45, 2.75) is 6.92 Å². The highest BCUT2D eigenvalue weighted by molar-refractivity contribution is 5.94. The van der Waals surface area contributed by atoms with Crippen molar-refractivity contribution >= 4 is 17.3 Å². The fourth-order valence-corrected chi connectivity index (χ4v) is 2.17. The van der Waals surface area contributed by atoms with Gasteiger partial charge in [-0.05, 0) is 43.3 Å². The zero-order chi connectivity index (χ0) is 17.9. The molecule has 2 rings (SSSR count). The summed E-state index contributed by atoms with van der Waals surface area (Å²) >= 11 is 0. The molecule has 0 aliphatic carbocycles. The van der Waals surface area contributed by atoms with E-state index in [0.717, 1.165) is 11.4 Å². The Balaban J connectivity index is 1.78. The third-order valence-electron chi connectivity index (χ3n) is 3.38. The zero-order valence-electron chi connectivity index (χ0n) is 14.6. The van der Waals surface area contributed by atoms with Crippen molar-refractivity contribution in [3.8, 4) is 11.5 Å². The van der Waals surface area contributed by atoms with Crippen molar-refractivity contribution in [2.24, 2.45) is 0 Å². The molecule has 6 heteroatoms. The second kappa shape index (κ2) is 10.2. The van der Waals surface area contributed by atoms with Gasteiger partial charge < -0.3 is 24.8 Å². The second-order valence-electron chi connectivity index (χ2n) is 5.17. The lowest BCUT2D eigenvalue weighted by Gasteiger charge is -2.11. The largest absolute Gasteiger partial charge is 0.495 e. The van der Waals surface area contributed by atoms with E-state index in [1.807, 2.05) is 43.3 Å². The zero-order valence-corrected chi connectivity index (χ0v) is 14.6. The van der Waals surface area contributed by atoms with Gasteiger partial charge in [0.2, 0.25) is 5.91 Å². The van der Waals surface area contributed by atoms with Crippen LogP contribution >= 0.6 is 0 Å². The summed E-state index contributed by atoms with van der Waals surface area (Å²) in [5.74, 6) is 1.30. The van der Waals surface area contributed by atoms with Gasteiger partial charge in [-0.15, -0.1) is 0 Å². The molecule has 25 heavy (non-hydrogen) atoms. The van der Waals surface area contributed by atoms with Crippen LogP contribution in [0.4, 0.5) is 11.4 Å². The van der Waals surface area contributed by atoms with Crippen LogP contribution < -0.4 is 20.1 Å². The number of anilines is 2. The van der Waals surface area contributed by atoms with Gasteiger partial charge in [0, 0.05) is 12.3 Å². The van der Waals surface area contributed by atoms with Gasteiger partial charge in [0.25, 0.3) is 0 Å². The summed E-state index contributed by atoms with van der Waals surface area (Å²) in [5.41, 5.74) is 1.49. The molecule has 0 aromatic heterocycles. The Bertz CT molecular complexity index is 659. The summed E-state index contributed by atoms with van der Waals surface area (Å²) in [7, 11) is 1.60. The molecule has 0 aliphatic heterocycles. The maximum atomic E-state index is 12.1. The standard InChI is InChI=1S/C19H24N2O4/c1-3-24-12-13-25-16-10-8-15(9-11-16)21-19(22)14-20-17-6-4-5-7-18(17)23-2/h4-11,20H,3,12-14H2,1-2H3,(H,21,22). The third kappa shape index (κ3) is 6.35. The molecule has 0 atom stereocenters. The Labute approximate surface area is 148 Å². The molecule has 0 fully saturated rings. The van der Waals surface area contributed by atoms with Crippen molar-refractivity contribution in [2.75, 3.05) is 44.1 Å². The first kappa shape index (κ1) is 18.6. The number of nitrogens with one attached hydrogen (secondary N) is 2. The predicted molar refractivity (Wildman–Crippen MR) is 98.5 cm³/mol. The van der Waals surface area contributed by atoms with Gasteiger partial charge in [-0.25, -0.2) is 0 Å². The Hall–Kier alpha value is -2.73. The van der Waals surface area contributed by atoms with E-state index in [1.165, 1.54) is 0 Å². The SMILES string of the molecule is CCOCCOc1ccc(NC(=O)CNc2ccccc2OC)cc1. The summed E-state index contributed by atoms with van der Waals surface area (Å²) in [5, 5.41) is 5.89. The average molecular weight is 344 g/mol. The van der Waals surface area contributed by atoms with Crippen LogP contribution in [-0.2, 0) is 9.53 Å². The Morgan fingerprint density at radius 3 is 2.52 bits per heavy atom. The fourth-order valence-electron chi connectivity index (χ4n) is 2.17. The van der Waals surface area contributed by atoms with E-state index < -0.39 is 0 Å². The number of ether oxygens (including phenoxy) is 3. The first-order valence-corrected chi connectivity index (χ1v) is 8.20. The number of hydrogen-bond donors (Lipinski definition) is 2. The average Bonchev–Trinajstić information content (AvgIpc) is 2.65. The molecule has 2 N–H and O–H groups in total. The maximum Gasteiger partial charge on any atom is 0.243 e. The number of carbonyl (C=O) groups excluding carboxylic acids is 1. The van der Waals surface area contributed by atoms with Crippen LogP contribution in [0.15, 0.2) is 48.5 Å². The minimum Gasteiger partial charge on any atom is -0.495 e. The molecular formula is C19H24N2O4. The van der Waals surface area contributed by atoms with E-state index in [0.29, 0.717) is 31.3 Å². The summed E-state index contributed by atoms with van der Waals surface area (Å²) in [4.78, 5) is 12.1. The minimum absolute atomic E-state index is 0.143. The molecule has 2 aromatic rings. The third-order valence-corrected chi connectivity index (χ3v) is 3.38. The Kier molecular flexibility index (Phi) is 7.59. The summed E-state index contributed by atoms with van der Waals surface area (Å²) < 4.78 is 16.0. The number of para-hydroxylation sites is 2. The van der Waals surface area contributed by atoms with E-state index in [-0.39, 0.29) is 12.5 Å². The van der Waals surface area contributed by atoms with E-state index in [2.05, 4.69) is 10.6 Å². The molecule has 6 nitrogen and oxygen atoms in total. The maximum absolute atomic E-state index is 12.1. The fraction of sp³-hybridized carbons (Fsp3) is 0.316. The van der Waals surface area contributed by atoms with E-state index in [9.17, 15) is 4.79 Å². The highest BCUT2D eigenvalue weighted by atomic mass is 16.5. The Morgan fingerprint density at radius 1 is 1.04 bits per heavy atom. The van der Waals surface area contributed by atoms with Gasteiger partial charge >= 0.3 is 0 Å². The molecule has 1 amide bonds. The van der Waals surface area contributed by atoms with Crippen molar-refractivity contribution in [1.29, 1.82) is 0 Å². The van der Waals surface area contributed by atoms with Crippen molar-refractivity contribution in [3.63, 3.8) is 0 Å².